The summed E-state index contributed by atoms with van der Waals surface area (Å²) in [6.07, 6.45) is 1.98. The zero-order chi connectivity index (χ0) is 18.4. The second-order valence-electron chi connectivity index (χ2n) is 6.06. The number of nitrogens with one attached hydrogen (secondary N) is 2. The Labute approximate surface area is 152 Å². The van der Waals surface area contributed by atoms with Crippen LogP contribution >= 0.6 is 0 Å². The third kappa shape index (κ3) is 4.89. The highest BCUT2D eigenvalue weighted by Crippen LogP contribution is 2.13. The lowest BCUT2D eigenvalue weighted by Gasteiger charge is -2.09. The summed E-state index contributed by atoms with van der Waals surface area (Å²) in [5.74, 6) is 0.163. The van der Waals surface area contributed by atoms with Gasteiger partial charge in [-0.1, -0.05) is 36.4 Å². The number of aryl methyl sites for hydroxylation is 1. The van der Waals surface area contributed by atoms with E-state index in [2.05, 4.69) is 15.6 Å². The number of benzene rings is 2. The zero-order valence-corrected chi connectivity index (χ0v) is 14.5. The van der Waals surface area contributed by atoms with Gasteiger partial charge in [-0.05, 0) is 47.9 Å². The van der Waals surface area contributed by atoms with Crippen molar-refractivity contribution in [3.63, 3.8) is 0 Å². The summed E-state index contributed by atoms with van der Waals surface area (Å²) in [6.45, 7) is 2.56. The molecule has 26 heavy (non-hydrogen) atoms. The van der Waals surface area contributed by atoms with E-state index in [9.17, 15) is 9.18 Å². The Balaban J connectivity index is 1.53. The van der Waals surface area contributed by atoms with Crippen LogP contribution in [-0.4, -0.2) is 10.9 Å². The average Bonchev–Trinajstić information content (AvgIpc) is 2.64. The van der Waals surface area contributed by atoms with E-state index < -0.39 is 0 Å². The Hall–Kier alpha value is -3.21. The summed E-state index contributed by atoms with van der Waals surface area (Å²) in [6, 6.07) is 17.7. The molecule has 5 heteroatoms. The van der Waals surface area contributed by atoms with Crippen molar-refractivity contribution in [2.75, 3.05) is 10.6 Å². The molecule has 1 heterocycles. The molecular formula is C21H20FN3O. The number of anilines is 2. The molecule has 0 unspecified atom stereocenters. The number of amides is 1. The van der Waals surface area contributed by atoms with Crippen molar-refractivity contribution >= 4 is 17.4 Å². The van der Waals surface area contributed by atoms with Crippen LogP contribution in [0.15, 0.2) is 66.9 Å². The molecule has 0 aliphatic rings. The second-order valence-corrected chi connectivity index (χ2v) is 6.06. The van der Waals surface area contributed by atoms with Gasteiger partial charge in [0.25, 0.3) is 0 Å². The minimum atomic E-state index is -0.249. The van der Waals surface area contributed by atoms with Gasteiger partial charge in [0.15, 0.2) is 0 Å². The Morgan fingerprint density at radius 1 is 1.04 bits per heavy atom. The zero-order valence-electron chi connectivity index (χ0n) is 14.5. The first kappa shape index (κ1) is 17.6. The largest absolute Gasteiger partial charge is 0.380 e. The van der Waals surface area contributed by atoms with E-state index >= 15 is 0 Å². The maximum Gasteiger partial charge on any atom is 0.229 e. The lowest BCUT2D eigenvalue weighted by Crippen LogP contribution is -2.15. The van der Waals surface area contributed by atoms with Crippen LogP contribution < -0.4 is 10.6 Å². The van der Waals surface area contributed by atoms with Gasteiger partial charge < -0.3 is 10.6 Å². The molecule has 0 saturated carbocycles. The molecule has 132 valence electrons. The van der Waals surface area contributed by atoms with Gasteiger partial charge in [-0.3, -0.25) is 4.79 Å². The number of carbonyl (C=O) groups is 1. The van der Waals surface area contributed by atoms with Crippen LogP contribution in [0.25, 0.3) is 0 Å². The van der Waals surface area contributed by atoms with Crippen molar-refractivity contribution in [1.82, 2.24) is 4.98 Å². The summed E-state index contributed by atoms with van der Waals surface area (Å²) in [4.78, 5) is 16.4. The van der Waals surface area contributed by atoms with E-state index in [-0.39, 0.29) is 11.7 Å². The van der Waals surface area contributed by atoms with Crippen molar-refractivity contribution in [3.8, 4) is 0 Å². The number of halogens is 1. The van der Waals surface area contributed by atoms with Crippen molar-refractivity contribution in [2.24, 2.45) is 0 Å². The molecule has 0 spiro atoms. The molecule has 0 aliphatic carbocycles. The lowest BCUT2D eigenvalue weighted by molar-refractivity contribution is -0.115. The van der Waals surface area contributed by atoms with E-state index in [1.54, 1.807) is 24.4 Å². The molecule has 1 amide bonds. The average molecular weight is 349 g/mol. The van der Waals surface area contributed by atoms with Crippen LogP contribution in [0.2, 0.25) is 0 Å². The predicted octanol–water partition coefficient (Wildman–Crippen LogP) is 4.32. The van der Waals surface area contributed by atoms with Crippen LogP contribution in [0.3, 0.4) is 0 Å². The summed E-state index contributed by atoms with van der Waals surface area (Å²) >= 11 is 0. The summed E-state index contributed by atoms with van der Waals surface area (Å²) in [5.41, 5.74) is 3.90. The Morgan fingerprint density at radius 3 is 2.50 bits per heavy atom. The van der Waals surface area contributed by atoms with Gasteiger partial charge in [-0.15, -0.1) is 0 Å². The molecule has 3 aromatic rings. The van der Waals surface area contributed by atoms with Crippen molar-refractivity contribution in [2.45, 2.75) is 19.9 Å². The molecule has 3 rings (SSSR count). The predicted molar refractivity (Wildman–Crippen MR) is 101 cm³/mol. The SMILES string of the molecule is Cc1ccccc1CC(=O)Nc1ccc(NCc2ccc(F)cc2)cn1. The highest BCUT2D eigenvalue weighted by molar-refractivity contribution is 5.91. The number of pyridine rings is 1. The first-order valence-corrected chi connectivity index (χ1v) is 8.39. The van der Waals surface area contributed by atoms with Gasteiger partial charge in [-0.25, -0.2) is 9.37 Å². The molecule has 0 aliphatic heterocycles. The highest BCUT2D eigenvalue weighted by Gasteiger charge is 2.07. The molecule has 1 aromatic heterocycles. The van der Waals surface area contributed by atoms with Crippen molar-refractivity contribution in [1.29, 1.82) is 0 Å². The normalized spacial score (nSPS) is 10.4. The van der Waals surface area contributed by atoms with Gasteiger partial charge in [-0.2, -0.15) is 0 Å². The molecule has 0 atom stereocenters. The van der Waals surface area contributed by atoms with Crippen LogP contribution in [0.5, 0.6) is 0 Å². The molecule has 0 saturated heterocycles. The lowest BCUT2D eigenvalue weighted by atomic mass is 10.1. The maximum atomic E-state index is 12.9. The Morgan fingerprint density at radius 2 is 1.81 bits per heavy atom. The van der Waals surface area contributed by atoms with E-state index in [0.717, 1.165) is 22.4 Å². The van der Waals surface area contributed by atoms with Gasteiger partial charge >= 0.3 is 0 Å². The van der Waals surface area contributed by atoms with Gasteiger partial charge in [0, 0.05) is 6.54 Å². The van der Waals surface area contributed by atoms with Crippen LogP contribution in [0.1, 0.15) is 16.7 Å². The summed E-state index contributed by atoms with van der Waals surface area (Å²) < 4.78 is 12.9. The molecule has 0 fully saturated rings. The molecule has 2 aromatic carbocycles. The van der Waals surface area contributed by atoms with Crippen LogP contribution in [0, 0.1) is 12.7 Å². The molecule has 4 nitrogen and oxygen atoms in total. The van der Waals surface area contributed by atoms with Crippen molar-refractivity contribution < 1.29 is 9.18 Å². The summed E-state index contributed by atoms with van der Waals surface area (Å²) in [7, 11) is 0. The third-order valence-corrected chi connectivity index (χ3v) is 4.05. The standard InChI is InChI=1S/C21H20FN3O/c1-15-4-2-3-5-17(15)12-21(26)25-20-11-10-19(14-24-20)23-13-16-6-8-18(22)9-7-16/h2-11,14,23H,12-13H2,1H3,(H,24,25,26). The van der Waals surface area contributed by atoms with Gasteiger partial charge in [0.1, 0.15) is 11.6 Å². The van der Waals surface area contributed by atoms with Gasteiger partial charge in [0.05, 0.1) is 18.3 Å². The number of carbonyl (C=O) groups excluding carboxylic acids is 1. The number of hydrogen-bond acceptors (Lipinski definition) is 3. The molecule has 0 radical (unpaired) electrons. The van der Waals surface area contributed by atoms with Crippen molar-refractivity contribution in [3.05, 3.63) is 89.4 Å². The van der Waals surface area contributed by atoms with E-state index in [1.165, 1.54) is 12.1 Å². The van der Waals surface area contributed by atoms with E-state index in [0.29, 0.717) is 18.8 Å². The first-order chi connectivity index (χ1) is 12.6. The first-order valence-electron chi connectivity index (χ1n) is 8.39. The monoisotopic (exact) mass is 349 g/mol. The Bertz CT molecular complexity index is 877. The fraction of sp³-hybridized carbons (Fsp3) is 0.143. The summed E-state index contributed by atoms with van der Waals surface area (Å²) in [5, 5.41) is 6.02. The minimum Gasteiger partial charge on any atom is -0.380 e. The topological polar surface area (TPSA) is 54.0 Å². The minimum absolute atomic E-state index is 0.0983. The van der Waals surface area contributed by atoms with Gasteiger partial charge in [0.2, 0.25) is 5.91 Å². The number of hydrogen-bond donors (Lipinski definition) is 2. The molecule has 2 N–H and O–H groups in total. The number of aromatic nitrogens is 1. The number of nitrogens with zero attached hydrogens (tertiary/aromatic N) is 1. The smallest absolute Gasteiger partial charge is 0.229 e. The maximum absolute atomic E-state index is 12.9. The fourth-order valence-electron chi connectivity index (χ4n) is 2.55. The molecular weight excluding hydrogens is 329 g/mol. The second kappa shape index (κ2) is 8.25. The van der Waals surface area contributed by atoms with E-state index in [1.807, 2.05) is 37.3 Å². The Kier molecular flexibility index (Phi) is 5.59. The number of rotatable bonds is 6. The van der Waals surface area contributed by atoms with Crippen LogP contribution in [0.4, 0.5) is 15.9 Å². The molecule has 0 bridgehead atoms. The fourth-order valence-corrected chi connectivity index (χ4v) is 2.55. The van der Waals surface area contributed by atoms with Crippen LogP contribution in [-0.2, 0) is 17.8 Å². The quantitative estimate of drug-likeness (QED) is 0.697. The van der Waals surface area contributed by atoms with E-state index in [4.69, 9.17) is 0 Å². The third-order valence-electron chi connectivity index (χ3n) is 4.05. The highest BCUT2D eigenvalue weighted by atomic mass is 19.1.